The minimum atomic E-state index is -3.33. The number of nitrogens with one attached hydrogen (secondary N) is 1. The SMILES string of the molecule is CS(=O)(=O)Nc1ccc(C2C=c3c(C#N)cn(-c4ccc(C(=O)O)cc4)c3=CC2)cc1. The molecule has 3 aromatic rings. The van der Waals surface area contributed by atoms with Crippen LogP contribution in [0.3, 0.4) is 0 Å². The third-order valence-corrected chi connectivity index (χ3v) is 5.78. The van der Waals surface area contributed by atoms with E-state index in [1.165, 1.54) is 12.1 Å². The van der Waals surface area contributed by atoms with Gasteiger partial charge in [0.15, 0.2) is 0 Å². The Hall–Kier alpha value is -3.83. The monoisotopic (exact) mass is 433 g/mol. The van der Waals surface area contributed by atoms with Crippen molar-refractivity contribution in [3.8, 4) is 11.8 Å². The predicted octanol–water partition coefficient (Wildman–Crippen LogP) is 2.17. The van der Waals surface area contributed by atoms with Crippen LogP contribution >= 0.6 is 0 Å². The van der Waals surface area contributed by atoms with Crippen LogP contribution in [0, 0.1) is 11.3 Å². The highest BCUT2D eigenvalue weighted by atomic mass is 32.2. The van der Waals surface area contributed by atoms with E-state index < -0.39 is 16.0 Å². The lowest BCUT2D eigenvalue weighted by Crippen LogP contribution is -2.32. The zero-order chi connectivity index (χ0) is 22.2. The van der Waals surface area contributed by atoms with Gasteiger partial charge in [0.05, 0.1) is 17.4 Å². The molecule has 1 aliphatic carbocycles. The van der Waals surface area contributed by atoms with Gasteiger partial charge >= 0.3 is 5.97 Å². The summed E-state index contributed by atoms with van der Waals surface area (Å²) in [6.45, 7) is 0. The fraction of sp³-hybridized carbons (Fsp3) is 0.130. The van der Waals surface area contributed by atoms with Crippen LogP contribution in [-0.2, 0) is 10.0 Å². The molecule has 1 aliphatic rings. The summed E-state index contributed by atoms with van der Waals surface area (Å²) >= 11 is 0. The minimum Gasteiger partial charge on any atom is -0.478 e. The average Bonchev–Trinajstić information content (AvgIpc) is 3.11. The number of carboxylic acid groups (broad SMARTS) is 1. The van der Waals surface area contributed by atoms with Crippen LogP contribution in [-0.4, -0.2) is 30.3 Å². The van der Waals surface area contributed by atoms with Gasteiger partial charge in [-0.1, -0.05) is 24.3 Å². The standard InChI is InChI=1S/C23H19N3O4S/c1-31(29,30)25-19-7-2-15(3-8-19)17-6-11-22-21(12-17)18(13-24)14-26(22)20-9-4-16(5-10-20)23(27)28/h2-5,7-12,14,17,25H,6H2,1H3,(H,27,28). The van der Waals surface area contributed by atoms with Crippen LogP contribution in [0.2, 0.25) is 0 Å². The molecule has 0 saturated carbocycles. The van der Waals surface area contributed by atoms with Gasteiger partial charge in [-0.15, -0.1) is 0 Å². The molecule has 0 spiro atoms. The molecule has 2 N–H and O–H groups in total. The second kappa shape index (κ2) is 7.78. The summed E-state index contributed by atoms with van der Waals surface area (Å²) in [6.07, 6.45) is 7.70. The van der Waals surface area contributed by atoms with Crippen molar-refractivity contribution in [2.45, 2.75) is 12.3 Å². The van der Waals surface area contributed by atoms with E-state index >= 15 is 0 Å². The fourth-order valence-corrected chi connectivity index (χ4v) is 4.30. The Morgan fingerprint density at radius 3 is 2.42 bits per heavy atom. The van der Waals surface area contributed by atoms with Gasteiger partial charge in [-0.2, -0.15) is 5.26 Å². The quantitative estimate of drug-likeness (QED) is 0.640. The first-order valence-electron chi connectivity index (χ1n) is 9.50. The van der Waals surface area contributed by atoms with E-state index in [2.05, 4.69) is 22.9 Å². The molecule has 1 unspecified atom stereocenters. The van der Waals surface area contributed by atoms with Crippen molar-refractivity contribution in [2.24, 2.45) is 0 Å². The summed E-state index contributed by atoms with van der Waals surface area (Å²) in [5, 5.41) is 20.5. The van der Waals surface area contributed by atoms with E-state index in [0.29, 0.717) is 17.7 Å². The Balaban J connectivity index is 1.71. The van der Waals surface area contributed by atoms with Crippen LogP contribution in [0.15, 0.2) is 54.7 Å². The van der Waals surface area contributed by atoms with Gasteiger partial charge in [-0.05, 0) is 48.4 Å². The van der Waals surface area contributed by atoms with Gasteiger partial charge in [0.2, 0.25) is 10.0 Å². The maximum absolute atomic E-state index is 11.4. The number of aromatic nitrogens is 1. The highest BCUT2D eigenvalue weighted by molar-refractivity contribution is 7.92. The topological polar surface area (TPSA) is 112 Å². The summed E-state index contributed by atoms with van der Waals surface area (Å²) in [4.78, 5) is 11.1. The summed E-state index contributed by atoms with van der Waals surface area (Å²) in [5.41, 5.74) is 3.04. The smallest absolute Gasteiger partial charge is 0.335 e. The van der Waals surface area contributed by atoms with Gasteiger partial charge in [-0.25, -0.2) is 13.2 Å². The molecule has 2 aromatic carbocycles. The number of rotatable bonds is 5. The maximum atomic E-state index is 11.4. The first kappa shape index (κ1) is 20.4. The van der Waals surface area contributed by atoms with Crippen LogP contribution in [0.4, 0.5) is 5.69 Å². The first-order chi connectivity index (χ1) is 14.7. The van der Waals surface area contributed by atoms with E-state index in [4.69, 9.17) is 5.11 Å². The first-order valence-corrected chi connectivity index (χ1v) is 11.4. The fourth-order valence-electron chi connectivity index (χ4n) is 3.74. The molecule has 0 radical (unpaired) electrons. The van der Waals surface area contributed by atoms with E-state index in [1.54, 1.807) is 30.5 Å². The normalized spacial score (nSPS) is 15.2. The number of hydrogen-bond donors (Lipinski definition) is 2. The average molecular weight is 433 g/mol. The molecule has 1 atom stereocenters. The second-order valence-electron chi connectivity index (χ2n) is 7.38. The molecule has 7 nitrogen and oxygen atoms in total. The number of benzene rings is 2. The Kier molecular flexibility index (Phi) is 5.13. The van der Waals surface area contributed by atoms with E-state index in [0.717, 1.165) is 28.1 Å². The zero-order valence-electron chi connectivity index (χ0n) is 16.6. The van der Waals surface area contributed by atoms with Crippen LogP contribution in [0.5, 0.6) is 0 Å². The van der Waals surface area contributed by atoms with E-state index in [-0.39, 0.29) is 11.5 Å². The van der Waals surface area contributed by atoms with Gasteiger partial charge in [0.25, 0.3) is 0 Å². The van der Waals surface area contributed by atoms with Crippen LogP contribution in [0.25, 0.3) is 17.8 Å². The molecule has 0 bridgehead atoms. The number of carboxylic acids is 1. The Morgan fingerprint density at radius 1 is 1.16 bits per heavy atom. The molecule has 1 aromatic heterocycles. The van der Waals surface area contributed by atoms with Crippen molar-refractivity contribution in [2.75, 3.05) is 11.0 Å². The molecule has 0 amide bonds. The molecule has 1 heterocycles. The summed E-state index contributed by atoms with van der Waals surface area (Å²) < 4.78 is 27.1. The molecular weight excluding hydrogens is 414 g/mol. The molecule has 0 fully saturated rings. The van der Waals surface area contributed by atoms with Gasteiger partial charge in [0.1, 0.15) is 6.07 Å². The molecular formula is C23H19N3O4S. The van der Waals surface area contributed by atoms with Gasteiger partial charge in [-0.3, -0.25) is 4.72 Å². The van der Waals surface area contributed by atoms with Crippen molar-refractivity contribution < 1.29 is 18.3 Å². The van der Waals surface area contributed by atoms with Crippen molar-refractivity contribution in [1.29, 1.82) is 5.26 Å². The van der Waals surface area contributed by atoms with Crippen molar-refractivity contribution >= 4 is 33.8 Å². The van der Waals surface area contributed by atoms with Crippen molar-refractivity contribution in [3.63, 3.8) is 0 Å². The summed E-state index contributed by atoms with van der Waals surface area (Å²) in [5.74, 6) is -0.934. The highest BCUT2D eigenvalue weighted by Crippen LogP contribution is 2.25. The number of hydrogen-bond acceptors (Lipinski definition) is 4. The number of nitriles is 1. The molecule has 4 rings (SSSR count). The predicted molar refractivity (Wildman–Crippen MR) is 118 cm³/mol. The third-order valence-electron chi connectivity index (χ3n) is 5.17. The van der Waals surface area contributed by atoms with Crippen LogP contribution in [0.1, 0.15) is 33.8 Å². The third kappa shape index (κ3) is 4.22. The lowest BCUT2D eigenvalue weighted by Gasteiger charge is -2.15. The maximum Gasteiger partial charge on any atom is 0.335 e. The molecule has 8 heteroatoms. The summed E-state index contributed by atoms with van der Waals surface area (Å²) in [6, 6.07) is 16.0. The van der Waals surface area contributed by atoms with Gasteiger partial charge in [0, 0.05) is 34.1 Å². The highest BCUT2D eigenvalue weighted by Gasteiger charge is 2.16. The largest absolute Gasteiger partial charge is 0.478 e. The number of carbonyl (C=O) groups is 1. The molecule has 0 saturated heterocycles. The Labute approximate surface area is 179 Å². The molecule has 0 aliphatic heterocycles. The summed E-state index contributed by atoms with van der Waals surface area (Å²) in [7, 11) is -3.33. The Bertz CT molecular complexity index is 1430. The van der Waals surface area contributed by atoms with E-state index in [9.17, 15) is 18.5 Å². The van der Waals surface area contributed by atoms with Crippen LogP contribution < -0.4 is 15.3 Å². The lowest BCUT2D eigenvalue weighted by atomic mass is 9.91. The Morgan fingerprint density at radius 2 is 1.84 bits per heavy atom. The number of aromatic carboxylic acids is 1. The number of anilines is 1. The van der Waals surface area contributed by atoms with Gasteiger partial charge < -0.3 is 9.67 Å². The van der Waals surface area contributed by atoms with Crippen molar-refractivity contribution in [1.82, 2.24) is 4.57 Å². The molecule has 31 heavy (non-hydrogen) atoms. The second-order valence-corrected chi connectivity index (χ2v) is 9.13. The number of nitrogens with zero attached hydrogens (tertiary/aromatic N) is 2. The van der Waals surface area contributed by atoms with E-state index in [1.807, 2.05) is 16.7 Å². The number of fused-ring (bicyclic) bond motifs is 1. The van der Waals surface area contributed by atoms with Crippen molar-refractivity contribution in [3.05, 3.63) is 82.0 Å². The lowest BCUT2D eigenvalue weighted by molar-refractivity contribution is 0.0697. The molecule has 156 valence electrons. The minimum absolute atomic E-state index is 0.0529. The number of sulfonamides is 1. The zero-order valence-corrected chi connectivity index (χ0v) is 17.4.